The fourth-order valence-corrected chi connectivity index (χ4v) is 8.69. The fourth-order valence-electron chi connectivity index (χ4n) is 8.69. The molecule has 230 valence electrons. The first-order valence-electron chi connectivity index (χ1n) is 15.8. The Kier molecular flexibility index (Phi) is 6.82. The van der Waals surface area contributed by atoms with Crippen molar-refractivity contribution in [2.75, 3.05) is 20.1 Å². The first-order chi connectivity index (χ1) is 21.0. The molecular formula is C36H40N2O6. The van der Waals surface area contributed by atoms with Crippen molar-refractivity contribution in [3.05, 3.63) is 58.1 Å². The molecule has 2 aromatic rings. The highest BCUT2D eigenvalue weighted by Gasteiger charge is 2.75. The minimum atomic E-state index is -0.824. The van der Waals surface area contributed by atoms with Crippen molar-refractivity contribution >= 4 is 17.8 Å². The van der Waals surface area contributed by atoms with Gasteiger partial charge in [0.05, 0.1) is 17.5 Å². The van der Waals surface area contributed by atoms with Gasteiger partial charge in [-0.2, -0.15) is 0 Å². The predicted octanol–water partition coefficient (Wildman–Crippen LogP) is 4.24. The molecular weight excluding hydrogens is 556 g/mol. The summed E-state index contributed by atoms with van der Waals surface area (Å²) in [6, 6.07) is 9.48. The third-order valence-electron chi connectivity index (χ3n) is 10.9. The summed E-state index contributed by atoms with van der Waals surface area (Å²) in [5.41, 5.74) is 3.70. The van der Waals surface area contributed by atoms with Crippen molar-refractivity contribution in [2.45, 2.75) is 95.4 Å². The lowest BCUT2D eigenvalue weighted by atomic mass is 9.48. The Morgan fingerprint density at radius 3 is 2.55 bits per heavy atom. The summed E-state index contributed by atoms with van der Waals surface area (Å²) in [6.45, 7) is 8.80. The summed E-state index contributed by atoms with van der Waals surface area (Å²) in [7, 11) is 1.79. The van der Waals surface area contributed by atoms with Gasteiger partial charge in [0.1, 0.15) is 11.7 Å². The van der Waals surface area contributed by atoms with Crippen LogP contribution in [0.15, 0.2) is 30.3 Å². The van der Waals surface area contributed by atoms with Crippen LogP contribution in [0.4, 0.5) is 0 Å². The molecule has 1 spiro atoms. The molecule has 1 saturated heterocycles. The van der Waals surface area contributed by atoms with Crippen LogP contribution in [0.25, 0.3) is 0 Å². The molecule has 0 unspecified atom stereocenters. The van der Waals surface area contributed by atoms with E-state index >= 15 is 0 Å². The maximum atomic E-state index is 13.6. The van der Waals surface area contributed by atoms with Gasteiger partial charge in [0, 0.05) is 44.5 Å². The Hall–Kier alpha value is -3.83. The lowest BCUT2D eigenvalue weighted by Crippen LogP contribution is -2.79. The van der Waals surface area contributed by atoms with Crippen LogP contribution in [0.2, 0.25) is 0 Å². The monoisotopic (exact) mass is 596 g/mol. The summed E-state index contributed by atoms with van der Waals surface area (Å²) in [6.07, 6.45) is 4.61. The van der Waals surface area contributed by atoms with Crippen molar-refractivity contribution < 1.29 is 28.6 Å². The van der Waals surface area contributed by atoms with E-state index in [1.807, 2.05) is 44.2 Å². The lowest BCUT2D eigenvalue weighted by Gasteiger charge is -2.65. The molecule has 0 radical (unpaired) electrons. The summed E-state index contributed by atoms with van der Waals surface area (Å²) >= 11 is 0. The molecule has 2 bridgehead atoms. The van der Waals surface area contributed by atoms with Crippen LogP contribution in [0.3, 0.4) is 0 Å². The van der Waals surface area contributed by atoms with E-state index in [1.165, 1.54) is 32.3 Å². The molecule has 0 aromatic heterocycles. The largest absolute Gasteiger partial charge is 0.483 e. The molecule has 44 heavy (non-hydrogen) atoms. The molecule has 3 fully saturated rings. The second-order valence-electron chi connectivity index (χ2n) is 13.5. The Balaban J connectivity index is 1.32. The maximum Gasteiger partial charge on any atom is 0.308 e. The van der Waals surface area contributed by atoms with Crippen molar-refractivity contribution in [2.24, 2.45) is 5.92 Å². The fraction of sp³-hybridized carbons (Fsp3) is 0.528. The van der Waals surface area contributed by atoms with E-state index in [0.29, 0.717) is 36.7 Å². The van der Waals surface area contributed by atoms with Crippen LogP contribution >= 0.6 is 0 Å². The van der Waals surface area contributed by atoms with Crippen molar-refractivity contribution in [3.8, 4) is 23.3 Å². The van der Waals surface area contributed by atoms with Crippen molar-refractivity contribution in [1.82, 2.24) is 9.80 Å². The van der Waals surface area contributed by atoms with Gasteiger partial charge in [0.15, 0.2) is 11.5 Å². The minimum absolute atomic E-state index is 0.00333. The number of hydrogen-bond acceptors (Lipinski definition) is 7. The van der Waals surface area contributed by atoms with E-state index in [2.05, 4.69) is 16.7 Å². The zero-order valence-corrected chi connectivity index (χ0v) is 26.2. The topological polar surface area (TPSA) is 85.4 Å². The number of ether oxygens (including phenoxy) is 3. The lowest BCUT2D eigenvalue weighted by molar-refractivity contribution is -0.223. The number of rotatable bonds is 5. The van der Waals surface area contributed by atoms with Gasteiger partial charge in [-0.25, -0.2) is 0 Å². The SMILES string of the molecule is CC(=O)Oc1ccc2c3c1O[C@H]1[C@@H](N(C)C(=O)C#Cc4ccc(C)c(C)c4)CC[C@@]4(OC(C)=O)[C@@H](C2)N(CC2CC2)CC[C@]314. The molecule has 8 heteroatoms. The molecule has 5 atom stereocenters. The first-order valence-corrected chi connectivity index (χ1v) is 15.8. The van der Waals surface area contributed by atoms with Crippen LogP contribution in [0.5, 0.6) is 11.5 Å². The Labute approximate surface area is 259 Å². The predicted molar refractivity (Wildman–Crippen MR) is 163 cm³/mol. The zero-order chi connectivity index (χ0) is 31.0. The number of carbonyl (C=O) groups is 3. The molecule has 8 nitrogen and oxygen atoms in total. The molecule has 2 heterocycles. The Bertz CT molecular complexity index is 1630. The number of likely N-dealkylation sites (tertiary alicyclic amines) is 1. The van der Waals surface area contributed by atoms with Gasteiger partial charge in [0.25, 0.3) is 5.91 Å². The van der Waals surface area contributed by atoms with Crippen LogP contribution in [0, 0.1) is 31.6 Å². The van der Waals surface area contributed by atoms with Crippen molar-refractivity contribution in [3.63, 3.8) is 0 Å². The summed E-state index contributed by atoms with van der Waals surface area (Å²) < 4.78 is 19.1. The quantitative estimate of drug-likeness (QED) is 0.290. The van der Waals surface area contributed by atoms with Crippen LogP contribution in [-0.4, -0.2) is 71.6 Å². The van der Waals surface area contributed by atoms with E-state index in [-0.39, 0.29) is 24.0 Å². The van der Waals surface area contributed by atoms with Crippen molar-refractivity contribution in [1.29, 1.82) is 0 Å². The minimum Gasteiger partial charge on any atom is -0.483 e. The number of piperidine rings is 1. The standard InChI is InChI=1S/C36H40N2O6/c1-21-6-7-25(18-22(21)2)10-13-31(41)37(5)28-14-15-36(44-24(4)40)30-19-27-11-12-29(42-23(3)39)33-32(27)35(36,34(28)43-33)16-17-38(30)20-26-8-9-26/h6-7,11-12,18,26,28,30,34H,8-9,14-17,19-20H2,1-5H3/t28-,30+,34-,35-,36+/m0/s1. The summed E-state index contributed by atoms with van der Waals surface area (Å²) in [5, 5.41) is 0. The van der Waals surface area contributed by atoms with Crippen LogP contribution < -0.4 is 9.47 Å². The smallest absolute Gasteiger partial charge is 0.308 e. The third kappa shape index (κ3) is 4.34. The number of aryl methyl sites for hydroxylation is 2. The normalized spacial score (nSPS) is 29.4. The van der Waals surface area contributed by atoms with E-state index in [9.17, 15) is 14.4 Å². The summed E-state index contributed by atoms with van der Waals surface area (Å²) in [4.78, 5) is 43.0. The molecule has 3 aliphatic carbocycles. The third-order valence-corrected chi connectivity index (χ3v) is 10.9. The van der Waals surface area contributed by atoms with Gasteiger partial charge in [-0.1, -0.05) is 18.1 Å². The number of hydrogen-bond donors (Lipinski definition) is 0. The van der Waals surface area contributed by atoms with Crippen LogP contribution in [-0.2, 0) is 31.0 Å². The number of amides is 1. The second kappa shape index (κ2) is 10.4. The maximum absolute atomic E-state index is 13.6. The Morgan fingerprint density at radius 2 is 1.84 bits per heavy atom. The number of carbonyl (C=O) groups excluding carboxylic acids is 3. The molecule has 2 aromatic carbocycles. The highest BCUT2D eigenvalue weighted by atomic mass is 16.6. The number of esters is 2. The van der Waals surface area contributed by atoms with E-state index in [0.717, 1.165) is 41.8 Å². The first kappa shape index (κ1) is 28.9. The van der Waals surface area contributed by atoms with Gasteiger partial charge >= 0.3 is 11.9 Å². The molecule has 0 N–H and O–H groups in total. The highest BCUT2D eigenvalue weighted by molar-refractivity contribution is 5.94. The summed E-state index contributed by atoms with van der Waals surface area (Å²) in [5.74, 6) is 6.50. The van der Waals surface area contributed by atoms with Gasteiger partial charge in [-0.3, -0.25) is 19.3 Å². The van der Waals surface area contributed by atoms with E-state index < -0.39 is 23.1 Å². The van der Waals surface area contributed by atoms with Gasteiger partial charge in [-0.15, -0.1) is 0 Å². The zero-order valence-electron chi connectivity index (χ0n) is 26.2. The van der Waals surface area contributed by atoms with Crippen LogP contribution in [0.1, 0.15) is 73.8 Å². The molecule has 7 rings (SSSR count). The molecule has 2 aliphatic heterocycles. The number of likely N-dealkylation sites (N-methyl/N-ethyl adjacent to an activating group) is 1. The average molecular weight is 597 g/mol. The van der Waals surface area contributed by atoms with E-state index in [1.54, 1.807) is 11.9 Å². The molecule has 2 saturated carbocycles. The Morgan fingerprint density at radius 1 is 1.05 bits per heavy atom. The second-order valence-corrected chi connectivity index (χ2v) is 13.5. The van der Waals surface area contributed by atoms with Gasteiger partial charge in [0.2, 0.25) is 0 Å². The number of nitrogens with zero attached hydrogens (tertiary/aromatic N) is 2. The van der Waals surface area contributed by atoms with Gasteiger partial charge < -0.3 is 19.1 Å². The molecule has 1 amide bonds. The highest BCUT2D eigenvalue weighted by Crippen LogP contribution is 2.67. The molecule has 5 aliphatic rings. The average Bonchev–Trinajstić information content (AvgIpc) is 3.72. The number of benzene rings is 2. The van der Waals surface area contributed by atoms with E-state index in [4.69, 9.17) is 14.2 Å². The van der Waals surface area contributed by atoms with Gasteiger partial charge in [-0.05, 0) is 99.7 Å².